The summed E-state index contributed by atoms with van der Waals surface area (Å²) in [5.74, 6) is -0.492. The lowest BCUT2D eigenvalue weighted by Crippen LogP contribution is -2.36. The molecular weight excluding hydrogens is 314 g/mol. The molecule has 0 atom stereocenters. The molecule has 1 aliphatic heterocycles. The normalized spacial score (nSPS) is 15.8. The number of aromatic nitrogens is 1. The summed E-state index contributed by atoms with van der Waals surface area (Å²) < 4.78 is 7.29. The molecule has 24 heavy (non-hydrogen) atoms. The topological polar surface area (TPSA) is 121 Å². The van der Waals surface area contributed by atoms with Crippen LogP contribution < -0.4 is 10.3 Å². The zero-order valence-corrected chi connectivity index (χ0v) is 12.6. The predicted molar refractivity (Wildman–Crippen MR) is 84.3 cm³/mol. The molecule has 0 bridgehead atoms. The van der Waals surface area contributed by atoms with Gasteiger partial charge in [0.1, 0.15) is 6.73 Å². The summed E-state index contributed by atoms with van der Waals surface area (Å²) in [7, 11) is 0. The first-order chi connectivity index (χ1) is 11.6. The molecule has 0 saturated heterocycles. The van der Waals surface area contributed by atoms with Gasteiger partial charge in [0.15, 0.2) is 12.4 Å². The highest BCUT2D eigenvalue weighted by atomic mass is 16.5. The molecule has 0 aliphatic carbocycles. The van der Waals surface area contributed by atoms with Gasteiger partial charge in [-0.15, -0.1) is 4.91 Å². The molecule has 3 N–H and O–H groups in total. The largest absolute Gasteiger partial charge is 0.411 e. The Morgan fingerprint density at radius 1 is 1.42 bits per heavy atom. The number of nitroso groups, excluding NO2 is 1. The summed E-state index contributed by atoms with van der Waals surface area (Å²) in [5, 5.41) is 14.4. The van der Waals surface area contributed by atoms with E-state index in [9.17, 15) is 9.70 Å². The molecule has 0 fully saturated rings. The first-order valence-electron chi connectivity index (χ1n) is 6.87. The minimum Gasteiger partial charge on any atom is -0.411 e. The van der Waals surface area contributed by atoms with E-state index in [-0.39, 0.29) is 13.5 Å². The maximum absolute atomic E-state index is 11.0. The molecule has 1 aromatic rings. The van der Waals surface area contributed by atoms with Gasteiger partial charge in [-0.05, 0) is 22.9 Å². The average molecular weight is 330 g/mol. The van der Waals surface area contributed by atoms with E-state index in [4.69, 9.17) is 15.7 Å². The van der Waals surface area contributed by atoms with E-state index in [1.807, 2.05) is 0 Å². The lowest BCUT2D eigenvalue weighted by molar-refractivity contribution is -0.733. The number of amides is 1. The van der Waals surface area contributed by atoms with Gasteiger partial charge in [0.2, 0.25) is 5.91 Å². The van der Waals surface area contributed by atoms with Crippen LogP contribution in [0.4, 0.5) is 0 Å². The van der Waals surface area contributed by atoms with Crippen molar-refractivity contribution in [2.45, 2.75) is 6.73 Å². The summed E-state index contributed by atoms with van der Waals surface area (Å²) in [4.78, 5) is 23.0. The molecule has 2 heterocycles. The Bertz CT molecular complexity index is 722. The first-order valence-corrected chi connectivity index (χ1v) is 6.87. The number of oxime groups is 1. The van der Waals surface area contributed by atoms with Crippen LogP contribution in [-0.4, -0.2) is 29.0 Å². The van der Waals surface area contributed by atoms with Crippen molar-refractivity contribution in [3.05, 3.63) is 70.8 Å². The fourth-order valence-electron chi connectivity index (χ4n) is 1.95. The Morgan fingerprint density at radius 3 is 2.79 bits per heavy atom. The summed E-state index contributed by atoms with van der Waals surface area (Å²) >= 11 is 0. The van der Waals surface area contributed by atoms with Crippen LogP contribution in [0.1, 0.15) is 10.4 Å². The molecular formula is C15H16N5O4+. The molecule has 1 amide bonds. The molecule has 1 aromatic heterocycles. The van der Waals surface area contributed by atoms with Crippen LogP contribution in [0.25, 0.3) is 0 Å². The second-order valence-corrected chi connectivity index (χ2v) is 4.76. The first kappa shape index (κ1) is 17.0. The van der Waals surface area contributed by atoms with Crippen molar-refractivity contribution >= 4 is 12.1 Å². The van der Waals surface area contributed by atoms with Gasteiger partial charge in [0.05, 0.1) is 23.7 Å². The Hall–Kier alpha value is -3.33. The van der Waals surface area contributed by atoms with Crippen molar-refractivity contribution in [2.24, 2.45) is 16.1 Å². The van der Waals surface area contributed by atoms with E-state index in [2.05, 4.69) is 10.3 Å². The van der Waals surface area contributed by atoms with Crippen LogP contribution in [0.5, 0.6) is 0 Å². The number of nitrogens with two attached hydrogens (primary N) is 1. The van der Waals surface area contributed by atoms with Crippen molar-refractivity contribution in [3.63, 3.8) is 0 Å². The lowest BCUT2D eigenvalue weighted by atomic mass is 10.2. The third-order valence-corrected chi connectivity index (χ3v) is 3.13. The smallest absolute Gasteiger partial charge is 0.254 e. The minimum atomic E-state index is -0.492. The van der Waals surface area contributed by atoms with Crippen LogP contribution in [0.3, 0.4) is 0 Å². The Labute approximate surface area is 137 Å². The van der Waals surface area contributed by atoms with E-state index in [1.54, 1.807) is 52.3 Å². The van der Waals surface area contributed by atoms with E-state index < -0.39 is 5.91 Å². The molecule has 0 unspecified atom stereocenters. The van der Waals surface area contributed by atoms with Gasteiger partial charge in [-0.25, -0.2) is 0 Å². The Morgan fingerprint density at radius 2 is 2.17 bits per heavy atom. The second kappa shape index (κ2) is 8.34. The van der Waals surface area contributed by atoms with E-state index in [1.165, 1.54) is 6.21 Å². The van der Waals surface area contributed by atoms with Gasteiger partial charge in [0.25, 0.3) is 6.73 Å². The summed E-state index contributed by atoms with van der Waals surface area (Å²) in [5.41, 5.74) is 6.70. The van der Waals surface area contributed by atoms with Crippen molar-refractivity contribution in [2.75, 3.05) is 6.73 Å². The summed E-state index contributed by atoms with van der Waals surface area (Å²) in [6.07, 6.45) is 10.7. The number of rotatable bonds is 7. The highest BCUT2D eigenvalue weighted by Crippen LogP contribution is 2.15. The quantitative estimate of drug-likeness (QED) is 0.252. The summed E-state index contributed by atoms with van der Waals surface area (Å²) in [6, 6.07) is 3.19. The maximum Gasteiger partial charge on any atom is 0.254 e. The monoisotopic (exact) mass is 330 g/mol. The van der Waals surface area contributed by atoms with Crippen LogP contribution in [0, 0.1) is 4.91 Å². The van der Waals surface area contributed by atoms with Crippen molar-refractivity contribution in [1.29, 1.82) is 0 Å². The van der Waals surface area contributed by atoms with E-state index >= 15 is 0 Å². The fourth-order valence-corrected chi connectivity index (χ4v) is 1.95. The fraction of sp³-hybridized carbons (Fsp3) is 0.133. The van der Waals surface area contributed by atoms with E-state index in [0.717, 1.165) is 6.20 Å². The zero-order chi connectivity index (χ0) is 17.4. The standard InChI is InChI=1S/C15H15N5O4/c16-15(21)13-2-4-19(5-3-13)10-24-11-20-6-1-12(8-17-22)7-14(20)9-18-23/h1-9H,10-11H2,(H2-,16,21,22,23)/p+1. The maximum atomic E-state index is 11.0. The minimum absolute atomic E-state index is 0.181. The van der Waals surface area contributed by atoms with Crippen molar-refractivity contribution in [3.8, 4) is 0 Å². The van der Waals surface area contributed by atoms with Crippen LogP contribution in [0.2, 0.25) is 0 Å². The predicted octanol–water partition coefficient (Wildman–Crippen LogP) is 0.828. The van der Waals surface area contributed by atoms with Gasteiger partial charge >= 0.3 is 0 Å². The lowest BCUT2D eigenvalue weighted by Gasteiger charge is -2.23. The highest BCUT2D eigenvalue weighted by molar-refractivity contribution is 5.92. The number of hydrogen-bond acceptors (Lipinski definition) is 7. The van der Waals surface area contributed by atoms with Crippen molar-refractivity contribution in [1.82, 2.24) is 4.90 Å². The van der Waals surface area contributed by atoms with Gasteiger partial charge in [0, 0.05) is 18.3 Å². The molecule has 2 rings (SSSR count). The van der Waals surface area contributed by atoms with Crippen LogP contribution in [0.15, 0.2) is 70.7 Å². The molecule has 9 heteroatoms. The van der Waals surface area contributed by atoms with Crippen molar-refractivity contribution < 1.29 is 19.3 Å². The molecule has 0 spiro atoms. The number of carbonyl (C=O) groups excluding carboxylic acids is 1. The summed E-state index contributed by atoms with van der Waals surface area (Å²) in [6.45, 7) is 0.423. The zero-order valence-electron chi connectivity index (χ0n) is 12.6. The van der Waals surface area contributed by atoms with Crippen LogP contribution >= 0.6 is 0 Å². The van der Waals surface area contributed by atoms with Gasteiger partial charge < -0.3 is 20.6 Å². The third-order valence-electron chi connectivity index (χ3n) is 3.13. The van der Waals surface area contributed by atoms with Crippen LogP contribution in [-0.2, 0) is 11.5 Å². The van der Waals surface area contributed by atoms with E-state index in [0.29, 0.717) is 16.8 Å². The molecule has 0 radical (unpaired) electrons. The van der Waals surface area contributed by atoms with Gasteiger partial charge in [-0.3, -0.25) is 4.79 Å². The Kier molecular flexibility index (Phi) is 5.92. The molecule has 1 aliphatic rings. The molecule has 124 valence electrons. The van der Waals surface area contributed by atoms with Gasteiger partial charge in [-0.1, -0.05) is 5.16 Å². The number of nitrogens with zero attached hydrogens (tertiary/aromatic N) is 4. The number of ether oxygens (including phenoxy) is 1. The van der Waals surface area contributed by atoms with Gasteiger partial charge in [-0.2, -0.15) is 4.57 Å². The Balaban J connectivity index is 1.94. The molecule has 0 saturated carbocycles. The average Bonchev–Trinajstić information content (AvgIpc) is 2.58. The number of carbonyl (C=O) groups is 1. The third kappa shape index (κ3) is 4.58. The SMILES string of the molecule is NC(=O)c1cc[n+](COCN2C=C/C(=C/N=O)C=C2/C=N\O)cc1. The molecule has 9 nitrogen and oxygen atoms in total. The number of pyridine rings is 1. The number of hydrogen-bond donors (Lipinski definition) is 2. The molecule has 0 aromatic carbocycles. The number of allylic oxidation sites excluding steroid dienone is 4. The second-order valence-electron chi connectivity index (χ2n) is 4.76. The number of primary amides is 1. The highest BCUT2D eigenvalue weighted by Gasteiger charge is 2.12.